The summed E-state index contributed by atoms with van der Waals surface area (Å²) in [7, 11) is 0.163. The predicted octanol–water partition coefficient (Wildman–Crippen LogP) is 2.54. The largest absolute Gasteiger partial charge is 0.494 e. The third-order valence-electron chi connectivity index (χ3n) is 2.07. The lowest BCUT2D eigenvalue weighted by molar-refractivity contribution is 0.102. The second-order valence-electron chi connectivity index (χ2n) is 3.93. The number of benzene rings is 1. The van der Waals surface area contributed by atoms with E-state index >= 15 is 0 Å². The second kappa shape index (κ2) is 6.59. The zero-order chi connectivity index (χ0) is 12.0. The van der Waals surface area contributed by atoms with Crippen LogP contribution in [-0.2, 0) is 10.9 Å². The third-order valence-corrected chi connectivity index (χ3v) is 2.91. The first-order valence-electron chi connectivity index (χ1n) is 5.43. The molecule has 0 N–H and O–H groups in total. The van der Waals surface area contributed by atoms with Gasteiger partial charge in [-0.3, -0.25) is 4.79 Å². The van der Waals surface area contributed by atoms with Gasteiger partial charge >= 0.3 is 0 Å². The molecule has 3 heteroatoms. The molecular formula is C13H19O2S+. The highest BCUT2D eigenvalue weighted by Crippen LogP contribution is 2.13. The molecule has 1 aromatic carbocycles. The van der Waals surface area contributed by atoms with Crippen molar-refractivity contribution in [2.75, 3.05) is 24.9 Å². The minimum atomic E-state index is 0.163. The van der Waals surface area contributed by atoms with E-state index in [-0.39, 0.29) is 16.7 Å². The minimum Gasteiger partial charge on any atom is -0.494 e. The summed E-state index contributed by atoms with van der Waals surface area (Å²) in [5.74, 6) is 1.69. The van der Waals surface area contributed by atoms with Crippen LogP contribution in [0.5, 0.6) is 5.75 Å². The standard InChI is InChI=1S/C13H19O2S/c1-4-9-15-12-7-5-11(6-8-12)13(14)10-16(2)3/h5-8H,4,9-10H2,1-3H3/q+1. The first-order valence-corrected chi connectivity index (χ1v) is 7.64. The first kappa shape index (κ1) is 13.1. The molecule has 2 nitrogen and oxygen atoms in total. The van der Waals surface area contributed by atoms with Gasteiger partial charge in [-0.1, -0.05) is 6.92 Å². The van der Waals surface area contributed by atoms with Crippen LogP contribution in [0, 0.1) is 0 Å². The Balaban J connectivity index is 2.60. The quantitative estimate of drug-likeness (QED) is 0.563. The summed E-state index contributed by atoms with van der Waals surface area (Å²) in [6, 6.07) is 7.43. The van der Waals surface area contributed by atoms with Crippen molar-refractivity contribution in [3.8, 4) is 5.75 Å². The number of hydrogen-bond acceptors (Lipinski definition) is 2. The maximum atomic E-state index is 11.7. The molecule has 0 saturated carbocycles. The Kier molecular flexibility index (Phi) is 5.39. The van der Waals surface area contributed by atoms with E-state index in [0.717, 1.165) is 24.3 Å². The van der Waals surface area contributed by atoms with Crippen LogP contribution < -0.4 is 4.74 Å². The molecule has 0 aromatic heterocycles. The van der Waals surface area contributed by atoms with Crippen LogP contribution in [0.1, 0.15) is 23.7 Å². The molecule has 0 radical (unpaired) electrons. The summed E-state index contributed by atoms with van der Waals surface area (Å²) >= 11 is 0. The van der Waals surface area contributed by atoms with Gasteiger partial charge in [-0.05, 0) is 41.6 Å². The average molecular weight is 239 g/mol. The van der Waals surface area contributed by atoms with E-state index in [9.17, 15) is 4.79 Å². The van der Waals surface area contributed by atoms with Gasteiger partial charge in [0.15, 0.2) is 5.75 Å². The zero-order valence-electron chi connectivity index (χ0n) is 10.2. The van der Waals surface area contributed by atoms with Gasteiger partial charge in [0.25, 0.3) is 0 Å². The number of Topliss-reactive ketones (excluding diaryl/α,β-unsaturated/α-hetero) is 1. The molecule has 0 saturated heterocycles. The van der Waals surface area contributed by atoms with Gasteiger partial charge in [-0.25, -0.2) is 0 Å². The molecular weight excluding hydrogens is 220 g/mol. The van der Waals surface area contributed by atoms with Crippen LogP contribution >= 0.6 is 0 Å². The Bertz CT molecular complexity index is 330. The molecule has 88 valence electrons. The fourth-order valence-corrected chi connectivity index (χ4v) is 1.99. The van der Waals surface area contributed by atoms with Gasteiger partial charge in [-0.15, -0.1) is 0 Å². The van der Waals surface area contributed by atoms with Crippen LogP contribution in [0.4, 0.5) is 0 Å². The van der Waals surface area contributed by atoms with Crippen molar-refractivity contribution in [1.29, 1.82) is 0 Å². The van der Waals surface area contributed by atoms with Crippen molar-refractivity contribution in [3.05, 3.63) is 29.8 Å². The number of carbonyl (C=O) groups is 1. The van der Waals surface area contributed by atoms with Crippen molar-refractivity contribution in [1.82, 2.24) is 0 Å². The van der Waals surface area contributed by atoms with Gasteiger partial charge in [0, 0.05) is 5.56 Å². The highest BCUT2D eigenvalue weighted by atomic mass is 32.2. The maximum Gasteiger partial charge on any atom is 0.211 e. The lowest BCUT2D eigenvalue weighted by atomic mass is 10.1. The van der Waals surface area contributed by atoms with Gasteiger partial charge in [0.05, 0.1) is 19.1 Å². The highest BCUT2D eigenvalue weighted by Gasteiger charge is 2.13. The Labute approximate surface area is 100 Å². The van der Waals surface area contributed by atoms with E-state index in [1.807, 2.05) is 24.3 Å². The maximum absolute atomic E-state index is 11.7. The number of carbonyl (C=O) groups excluding carboxylic acids is 1. The van der Waals surface area contributed by atoms with Crippen molar-refractivity contribution in [2.45, 2.75) is 13.3 Å². The van der Waals surface area contributed by atoms with E-state index in [1.54, 1.807) is 0 Å². The Morgan fingerprint density at radius 1 is 1.25 bits per heavy atom. The molecule has 0 spiro atoms. The van der Waals surface area contributed by atoms with Gasteiger partial charge in [-0.2, -0.15) is 0 Å². The van der Waals surface area contributed by atoms with Crippen molar-refractivity contribution in [2.24, 2.45) is 0 Å². The molecule has 0 heterocycles. The van der Waals surface area contributed by atoms with E-state index in [1.165, 1.54) is 0 Å². The Hall–Kier alpha value is -0.960. The van der Waals surface area contributed by atoms with Crippen LogP contribution in [0.15, 0.2) is 24.3 Å². The molecule has 1 rings (SSSR count). The molecule has 0 aliphatic carbocycles. The molecule has 0 aliphatic rings. The zero-order valence-corrected chi connectivity index (χ0v) is 11.0. The van der Waals surface area contributed by atoms with Crippen LogP contribution in [0.25, 0.3) is 0 Å². The minimum absolute atomic E-state index is 0.163. The predicted molar refractivity (Wildman–Crippen MR) is 70.6 cm³/mol. The van der Waals surface area contributed by atoms with Crippen molar-refractivity contribution >= 4 is 16.7 Å². The highest BCUT2D eigenvalue weighted by molar-refractivity contribution is 7.96. The van der Waals surface area contributed by atoms with Crippen LogP contribution in [0.3, 0.4) is 0 Å². The van der Waals surface area contributed by atoms with Gasteiger partial charge in [0.2, 0.25) is 5.78 Å². The lowest BCUT2D eigenvalue weighted by Gasteiger charge is -2.04. The molecule has 1 aromatic rings. The number of ether oxygens (including phenoxy) is 1. The van der Waals surface area contributed by atoms with Crippen molar-refractivity contribution in [3.63, 3.8) is 0 Å². The number of ketones is 1. The normalized spacial score (nSPS) is 10.5. The average Bonchev–Trinajstić information content (AvgIpc) is 2.26. The molecule has 0 fully saturated rings. The summed E-state index contributed by atoms with van der Waals surface area (Å²) < 4.78 is 5.46. The monoisotopic (exact) mass is 239 g/mol. The second-order valence-corrected chi connectivity index (χ2v) is 6.19. The molecule has 0 atom stereocenters. The number of hydrogen-bond donors (Lipinski definition) is 0. The lowest BCUT2D eigenvalue weighted by Crippen LogP contribution is -2.13. The van der Waals surface area contributed by atoms with Gasteiger partial charge in [0.1, 0.15) is 5.75 Å². The summed E-state index contributed by atoms with van der Waals surface area (Å²) in [4.78, 5) is 11.7. The van der Waals surface area contributed by atoms with Crippen LogP contribution in [-0.4, -0.2) is 30.7 Å². The topological polar surface area (TPSA) is 26.3 Å². The summed E-state index contributed by atoms with van der Waals surface area (Å²) in [6.07, 6.45) is 5.16. The Morgan fingerprint density at radius 3 is 2.38 bits per heavy atom. The van der Waals surface area contributed by atoms with Crippen LogP contribution in [0.2, 0.25) is 0 Å². The van der Waals surface area contributed by atoms with E-state index in [0.29, 0.717) is 5.75 Å². The van der Waals surface area contributed by atoms with Gasteiger partial charge < -0.3 is 4.74 Å². The molecule has 0 aliphatic heterocycles. The summed E-state index contributed by atoms with van der Waals surface area (Å²) in [5, 5.41) is 0. The molecule has 0 amide bonds. The first-order chi connectivity index (χ1) is 7.63. The number of rotatable bonds is 6. The van der Waals surface area contributed by atoms with Crippen molar-refractivity contribution < 1.29 is 9.53 Å². The summed E-state index contributed by atoms with van der Waals surface area (Å²) in [6.45, 7) is 2.79. The Morgan fingerprint density at radius 2 is 1.88 bits per heavy atom. The smallest absolute Gasteiger partial charge is 0.211 e. The SMILES string of the molecule is CCCOc1ccc(C(=O)C[S+](C)C)cc1. The third kappa shape index (κ3) is 4.27. The fourth-order valence-electron chi connectivity index (χ4n) is 1.30. The van der Waals surface area contributed by atoms with E-state index < -0.39 is 0 Å². The fraction of sp³-hybridized carbons (Fsp3) is 0.462. The van der Waals surface area contributed by atoms with E-state index in [4.69, 9.17) is 4.74 Å². The summed E-state index contributed by atoms with van der Waals surface area (Å²) in [5.41, 5.74) is 0.782. The molecule has 0 bridgehead atoms. The molecule has 16 heavy (non-hydrogen) atoms. The molecule has 0 unspecified atom stereocenters. The van der Waals surface area contributed by atoms with E-state index in [2.05, 4.69) is 19.4 Å².